The Bertz CT molecular complexity index is 1010. The average molecular weight is 406 g/mol. The van der Waals surface area contributed by atoms with Crippen LogP contribution in [0.5, 0.6) is 0 Å². The van der Waals surface area contributed by atoms with Gasteiger partial charge in [0.25, 0.3) is 11.8 Å². The van der Waals surface area contributed by atoms with Crippen molar-refractivity contribution in [1.29, 1.82) is 0 Å². The lowest BCUT2D eigenvalue weighted by Crippen LogP contribution is -2.39. The summed E-state index contributed by atoms with van der Waals surface area (Å²) in [5, 5.41) is 8.53. The summed E-state index contributed by atoms with van der Waals surface area (Å²) < 4.78 is 0. The normalized spacial score (nSPS) is 13.7. The lowest BCUT2D eigenvalue weighted by molar-refractivity contribution is -0.119. The molecule has 156 valence electrons. The van der Waals surface area contributed by atoms with Crippen LogP contribution in [0.25, 0.3) is 0 Å². The van der Waals surface area contributed by atoms with Crippen molar-refractivity contribution in [3.05, 3.63) is 64.7 Å². The second kappa shape index (κ2) is 8.90. The van der Waals surface area contributed by atoms with Gasteiger partial charge in [-0.15, -0.1) is 0 Å². The second-order valence-electron chi connectivity index (χ2n) is 7.62. The summed E-state index contributed by atoms with van der Waals surface area (Å²) >= 11 is 0. The van der Waals surface area contributed by atoms with E-state index in [0.29, 0.717) is 29.9 Å². The average Bonchev–Trinajstić information content (AvgIpc) is 2.74. The number of carbonyl (C=O) groups excluding carboxylic acids is 3. The third-order valence-corrected chi connectivity index (χ3v) is 4.95. The Hall–Kier alpha value is -3.48. The molecule has 0 aliphatic carbocycles. The van der Waals surface area contributed by atoms with Crippen molar-refractivity contribution in [2.75, 3.05) is 19.1 Å². The van der Waals surface area contributed by atoms with Crippen molar-refractivity contribution < 1.29 is 14.4 Å². The van der Waals surface area contributed by atoms with Gasteiger partial charge in [-0.3, -0.25) is 14.4 Å². The molecular weight excluding hydrogens is 380 g/mol. The third-order valence-electron chi connectivity index (χ3n) is 4.95. The molecule has 0 aromatic heterocycles. The molecule has 0 unspecified atom stereocenters. The number of aryl methyl sites for hydroxylation is 2. The number of anilines is 1. The maximum absolute atomic E-state index is 12.6. The summed E-state index contributed by atoms with van der Waals surface area (Å²) in [7, 11) is 3.40. The zero-order chi connectivity index (χ0) is 21.8. The second-order valence-corrected chi connectivity index (χ2v) is 7.62. The number of amides is 3. The van der Waals surface area contributed by atoms with Crippen molar-refractivity contribution in [2.24, 2.45) is 5.10 Å². The van der Waals surface area contributed by atoms with Gasteiger partial charge in [0.15, 0.2) is 0 Å². The Labute approximate surface area is 176 Å². The van der Waals surface area contributed by atoms with E-state index in [0.717, 1.165) is 16.7 Å². The van der Waals surface area contributed by atoms with E-state index in [-0.39, 0.29) is 24.1 Å². The minimum absolute atomic E-state index is 0.0710. The molecule has 3 amide bonds. The van der Waals surface area contributed by atoms with Crippen LogP contribution < -0.4 is 10.3 Å². The van der Waals surface area contributed by atoms with Crippen LogP contribution in [-0.2, 0) is 16.1 Å². The van der Waals surface area contributed by atoms with E-state index in [4.69, 9.17) is 0 Å². The van der Waals surface area contributed by atoms with Gasteiger partial charge in [-0.1, -0.05) is 24.3 Å². The summed E-state index contributed by atoms with van der Waals surface area (Å²) in [6.45, 7) is 4.18. The van der Waals surface area contributed by atoms with Gasteiger partial charge in [-0.05, 0) is 48.7 Å². The number of benzene rings is 2. The molecule has 0 fully saturated rings. The third kappa shape index (κ3) is 4.74. The maximum Gasteiger partial charge on any atom is 0.267 e. The molecule has 1 N–H and O–H groups in total. The van der Waals surface area contributed by atoms with Crippen molar-refractivity contribution in [2.45, 2.75) is 33.2 Å². The molecule has 2 aromatic carbocycles. The Morgan fingerprint density at radius 3 is 2.43 bits per heavy atom. The van der Waals surface area contributed by atoms with Gasteiger partial charge in [-0.2, -0.15) is 5.10 Å². The predicted octanol–water partition coefficient (Wildman–Crippen LogP) is 2.80. The topological polar surface area (TPSA) is 82.1 Å². The molecule has 0 spiro atoms. The van der Waals surface area contributed by atoms with Crippen LogP contribution in [0.15, 0.2) is 47.6 Å². The van der Waals surface area contributed by atoms with Crippen LogP contribution in [0, 0.1) is 13.8 Å². The SMILES string of the molecule is Cc1ccc(C)c(N2N=C(C(=O)NCc3ccc(C(=O)N(C)C)cc3)CCC2=O)c1. The lowest BCUT2D eigenvalue weighted by Gasteiger charge is -2.24. The standard InChI is InChI=1S/C23H26N4O3/c1-15-5-6-16(2)20(13-15)27-21(28)12-11-19(25-27)22(29)24-14-17-7-9-18(10-8-17)23(30)26(3)4/h5-10,13H,11-12,14H2,1-4H3,(H,24,29). The minimum Gasteiger partial charge on any atom is -0.347 e. The number of hydrogen-bond donors (Lipinski definition) is 1. The summed E-state index contributed by atoms with van der Waals surface area (Å²) in [4.78, 5) is 38.5. The number of nitrogens with one attached hydrogen (secondary N) is 1. The fourth-order valence-electron chi connectivity index (χ4n) is 3.16. The molecule has 3 rings (SSSR count). The smallest absolute Gasteiger partial charge is 0.267 e. The van der Waals surface area contributed by atoms with Gasteiger partial charge in [-0.25, -0.2) is 5.01 Å². The number of carbonyl (C=O) groups is 3. The first-order valence-electron chi connectivity index (χ1n) is 9.82. The highest BCUT2D eigenvalue weighted by atomic mass is 16.2. The van der Waals surface area contributed by atoms with Gasteiger partial charge in [0.1, 0.15) is 5.71 Å². The lowest BCUT2D eigenvalue weighted by atomic mass is 10.1. The van der Waals surface area contributed by atoms with Crippen LogP contribution in [-0.4, -0.2) is 42.4 Å². The van der Waals surface area contributed by atoms with Gasteiger partial charge in [0.05, 0.1) is 5.69 Å². The maximum atomic E-state index is 12.6. The fraction of sp³-hybridized carbons (Fsp3) is 0.304. The van der Waals surface area contributed by atoms with Gasteiger partial charge in [0.2, 0.25) is 5.91 Å². The highest BCUT2D eigenvalue weighted by Crippen LogP contribution is 2.25. The molecule has 2 aromatic rings. The quantitative estimate of drug-likeness (QED) is 0.829. The molecule has 0 atom stereocenters. The zero-order valence-corrected chi connectivity index (χ0v) is 17.7. The van der Waals surface area contributed by atoms with Crippen LogP contribution >= 0.6 is 0 Å². The van der Waals surface area contributed by atoms with Gasteiger partial charge >= 0.3 is 0 Å². The van der Waals surface area contributed by atoms with E-state index >= 15 is 0 Å². The van der Waals surface area contributed by atoms with E-state index < -0.39 is 0 Å². The van der Waals surface area contributed by atoms with Crippen molar-refractivity contribution in [1.82, 2.24) is 10.2 Å². The first-order valence-corrected chi connectivity index (χ1v) is 9.82. The van der Waals surface area contributed by atoms with Crippen molar-refractivity contribution in [3.63, 3.8) is 0 Å². The molecule has 1 aliphatic heterocycles. The van der Waals surface area contributed by atoms with E-state index in [1.165, 1.54) is 9.91 Å². The van der Waals surface area contributed by atoms with E-state index in [1.54, 1.807) is 26.2 Å². The Morgan fingerprint density at radius 1 is 1.07 bits per heavy atom. The number of hydrazone groups is 1. The number of hydrogen-bond acceptors (Lipinski definition) is 4. The highest BCUT2D eigenvalue weighted by Gasteiger charge is 2.26. The molecule has 0 saturated carbocycles. The number of nitrogens with zero attached hydrogens (tertiary/aromatic N) is 3. The van der Waals surface area contributed by atoms with E-state index in [1.807, 2.05) is 44.2 Å². The summed E-state index contributed by atoms with van der Waals surface area (Å²) in [6, 6.07) is 12.9. The molecular formula is C23H26N4O3. The first-order chi connectivity index (χ1) is 14.3. The summed E-state index contributed by atoms with van der Waals surface area (Å²) in [5.74, 6) is -0.494. The number of rotatable bonds is 5. The monoisotopic (exact) mass is 406 g/mol. The minimum atomic E-state index is -0.300. The first kappa shape index (κ1) is 21.2. The van der Waals surface area contributed by atoms with Crippen LogP contribution in [0.1, 0.15) is 39.9 Å². The Balaban J connectivity index is 1.70. The van der Waals surface area contributed by atoms with Crippen LogP contribution in [0.2, 0.25) is 0 Å². The molecule has 7 heteroatoms. The Kier molecular flexibility index (Phi) is 6.30. The van der Waals surface area contributed by atoms with Gasteiger partial charge < -0.3 is 10.2 Å². The Morgan fingerprint density at radius 2 is 1.77 bits per heavy atom. The predicted molar refractivity (Wildman–Crippen MR) is 116 cm³/mol. The largest absolute Gasteiger partial charge is 0.347 e. The van der Waals surface area contributed by atoms with Crippen molar-refractivity contribution >= 4 is 29.1 Å². The summed E-state index contributed by atoms with van der Waals surface area (Å²) in [5.41, 5.74) is 4.44. The molecule has 30 heavy (non-hydrogen) atoms. The molecule has 1 aliphatic rings. The van der Waals surface area contributed by atoms with Crippen LogP contribution in [0.3, 0.4) is 0 Å². The van der Waals surface area contributed by atoms with E-state index in [9.17, 15) is 14.4 Å². The van der Waals surface area contributed by atoms with E-state index in [2.05, 4.69) is 10.4 Å². The molecule has 1 heterocycles. The molecule has 0 saturated heterocycles. The van der Waals surface area contributed by atoms with Crippen molar-refractivity contribution in [3.8, 4) is 0 Å². The molecule has 0 bridgehead atoms. The fourth-order valence-corrected chi connectivity index (χ4v) is 3.16. The summed E-state index contributed by atoms with van der Waals surface area (Å²) in [6.07, 6.45) is 0.545. The molecule has 0 radical (unpaired) electrons. The van der Waals surface area contributed by atoms with Gasteiger partial charge in [0, 0.05) is 39.0 Å². The zero-order valence-electron chi connectivity index (χ0n) is 17.7. The van der Waals surface area contributed by atoms with Crippen LogP contribution in [0.4, 0.5) is 5.69 Å². The molecule has 7 nitrogen and oxygen atoms in total. The highest BCUT2D eigenvalue weighted by molar-refractivity contribution is 6.40.